The molecule has 0 aliphatic carbocycles. The van der Waals surface area contributed by atoms with E-state index in [1.54, 1.807) is 20.8 Å². The smallest absolute Gasteiger partial charge is 0.331 e. The van der Waals surface area contributed by atoms with Crippen LogP contribution in [0.25, 0.3) is 0 Å². The Balaban J connectivity index is 3.60. The van der Waals surface area contributed by atoms with Crippen molar-refractivity contribution in [1.29, 1.82) is 0 Å². The number of methoxy groups -OCH3 is 1. The molecule has 0 amide bonds. The number of hydrogen-bond donors (Lipinski definition) is 2. The van der Waals surface area contributed by atoms with Gasteiger partial charge in [-0.25, -0.2) is 14.2 Å². The number of aromatic nitrogens is 2. The molecular weight excluding hydrogens is 252 g/mol. The zero-order valence-corrected chi connectivity index (χ0v) is 11.4. The number of carbonyl (C=O) groups is 1. The van der Waals surface area contributed by atoms with Crippen LogP contribution in [0.4, 0.5) is 0 Å². The first-order valence-electron chi connectivity index (χ1n) is 5.99. The highest BCUT2D eigenvalue weighted by Gasteiger charge is 2.29. The largest absolute Gasteiger partial charge is 0.494 e. The van der Waals surface area contributed by atoms with Gasteiger partial charge in [-0.05, 0) is 12.3 Å². The summed E-state index contributed by atoms with van der Waals surface area (Å²) in [5, 5.41) is 10.0. The summed E-state index contributed by atoms with van der Waals surface area (Å²) in [6.45, 7) is 5.09. The van der Waals surface area contributed by atoms with Crippen molar-refractivity contribution in [2.24, 2.45) is 5.92 Å². The van der Waals surface area contributed by atoms with E-state index in [4.69, 9.17) is 0 Å². The summed E-state index contributed by atoms with van der Waals surface area (Å²) in [7, 11) is 1.20. The Labute approximate surface area is 109 Å². The lowest BCUT2D eigenvalue weighted by Gasteiger charge is -2.22. The third-order valence-electron chi connectivity index (χ3n) is 2.92. The number of esters is 1. The van der Waals surface area contributed by atoms with Crippen molar-refractivity contribution < 1.29 is 14.6 Å². The Hall–Kier alpha value is -2.05. The van der Waals surface area contributed by atoms with Gasteiger partial charge in [0.2, 0.25) is 5.88 Å². The Bertz CT molecular complexity index is 585. The molecule has 1 aromatic heterocycles. The van der Waals surface area contributed by atoms with Crippen molar-refractivity contribution in [3.05, 3.63) is 26.4 Å². The maximum atomic E-state index is 11.8. The van der Waals surface area contributed by atoms with Gasteiger partial charge in [-0.2, -0.15) is 0 Å². The Morgan fingerprint density at radius 1 is 1.42 bits per heavy atom. The Kier molecular flexibility index (Phi) is 4.52. The first kappa shape index (κ1) is 15.0. The number of rotatable bonds is 4. The Morgan fingerprint density at radius 3 is 2.42 bits per heavy atom. The minimum Gasteiger partial charge on any atom is -0.494 e. The third-order valence-corrected chi connectivity index (χ3v) is 2.92. The van der Waals surface area contributed by atoms with E-state index < -0.39 is 29.1 Å². The van der Waals surface area contributed by atoms with E-state index in [0.717, 1.165) is 4.57 Å². The van der Waals surface area contributed by atoms with E-state index in [-0.39, 0.29) is 17.9 Å². The summed E-state index contributed by atoms with van der Waals surface area (Å²) in [6.07, 6.45) is 0.243. The number of aromatic amines is 1. The monoisotopic (exact) mass is 270 g/mol. The van der Waals surface area contributed by atoms with Gasteiger partial charge in [0.05, 0.1) is 12.7 Å². The van der Waals surface area contributed by atoms with Gasteiger partial charge in [0.15, 0.2) is 0 Å². The van der Waals surface area contributed by atoms with E-state index in [9.17, 15) is 19.5 Å². The number of nitrogens with one attached hydrogen (secondary N) is 1. The molecule has 1 aromatic rings. The highest BCUT2D eigenvalue weighted by Crippen LogP contribution is 2.23. The van der Waals surface area contributed by atoms with Gasteiger partial charge in [0.25, 0.3) is 5.56 Å². The van der Waals surface area contributed by atoms with Crippen LogP contribution >= 0.6 is 0 Å². The topological polar surface area (TPSA) is 101 Å². The first-order valence-corrected chi connectivity index (χ1v) is 5.99. The summed E-state index contributed by atoms with van der Waals surface area (Å²) in [6, 6.07) is -0.986. The summed E-state index contributed by atoms with van der Waals surface area (Å²) in [4.78, 5) is 37.2. The molecule has 0 saturated carbocycles. The van der Waals surface area contributed by atoms with Crippen molar-refractivity contribution in [3.8, 4) is 5.88 Å². The predicted octanol–water partition coefficient (Wildman–Crippen LogP) is 0.175. The average Bonchev–Trinajstić information content (AvgIpc) is 2.33. The maximum Gasteiger partial charge on any atom is 0.331 e. The van der Waals surface area contributed by atoms with E-state index in [0.29, 0.717) is 0 Å². The molecule has 0 bridgehead atoms. The van der Waals surface area contributed by atoms with Crippen LogP contribution in [0.15, 0.2) is 9.59 Å². The van der Waals surface area contributed by atoms with E-state index in [1.165, 1.54) is 7.11 Å². The second-order valence-corrected chi connectivity index (χ2v) is 4.50. The number of H-pyrrole nitrogens is 1. The van der Waals surface area contributed by atoms with Crippen LogP contribution < -0.4 is 11.2 Å². The molecule has 0 radical (unpaired) electrons. The molecule has 7 heteroatoms. The van der Waals surface area contributed by atoms with E-state index >= 15 is 0 Å². The molecule has 0 saturated heterocycles. The molecule has 7 nitrogen and oxygen atoms in total. The quantitative estimate of drug-likeness (QED) is 0.760. The maximum absolute atomic E-state index is 11.8. The second kappa shape index (κ2) is 5.73. The zero-order chi connectivity index (χ0) is 14.7. The molecule has 1 unspecified atom stereocenters. The van der Waals surface area contributed by atoms with E-state index in [1.807, 2.05) is 0 Å². The minimum atomic E-state index is -0.986. The minimum absolute atomic E-state index is 0.0640. The van der Waals surface area contributed by atoms with E-state index in [2.05, 4.69) is 9.72 Å². The molecule has 1 heterocycles. The van der Waals surface area contributed by atoms with Crippen LogP contribution in [0.2, 0.25) is 0 Å². The number of hydrogen-bond acceptors (Lipinski definition) is 5. The molecule has 1 rings (SSSR count). The molecular formula is C12H18N2O5. The fraction of sp³-hybridized carbons (Fsp3) is 0.583. The van der Waals surface area contributed by atoms with Crippen LogP contribution in [0, 0.1) is 5.92 Å². The molecule has 19 heavy (non-hydrogen) atoms. The molecule has 0 aromatic carbocycles. The third kappa shape index (κ3) is 2.69. The summed E-state index contributed by atoms with van der Waals surface area (Å²) in [5.41, 5.74) is -1.41. The Morgan fingerprint density at radius 2 is 2.00 bits per heavy atom. The van der Waals surface area contributed by atoms with Gasteiger partial charge in [-0.15, -0.1) is 0 Å². The predicted molar refractivity (Wildman–Crippen MR) is 68.3 cm³/mol. The number of ether oxygens (including phenoxy) is 1. The van der Waals surface area contributed by atoms with Crippen LogP contribution in [0.1, 0.15) is 32.4 Å². The highest BCUT2D eigenvalue weighted by molar-refractivity contribution is 5.74. The van der Waals surface area contributed by atoms with Gasteiger partial charge < -0.3 is 9.84 Å². The lowest BCUT2D eigenvalue weighted by molar-refractivity contribution is -0.146. The zero-order valence-electron chi connectivity index (χ0n) is 11.4. The fourth-order valence-corrected chi connectivity index (χ4v) is 1.95. The standard InChI is InChI=1S/C12H18N2O5/c1-5-7-9(15)13-12(18)14(10(7)16)8(6(2)3)11(17)19-4/h6,8,16H,5H2,1-4H3,(H,13,15,18). The van der Waals surface area contributed by atoms with Crippen LogP contribution in [-0.4, -0.2) is 27.7 Å². The number of aromatic hydroxyl groups is 1. The lowest BCUT2D eigenvalue weighted by atomic mass is 10.0. The van der Waals surface area contributed by atoms with Gasteiger partial charge in [-0.1, -0.05) is 20.8 Å². The van der Waals surface area contributed by atoms with Crippen molar-refractivity contribution in [2.75, 3.05) is 7.11 Å². The van der Waals surface area contributed by atoms with Crippen molar-refractivity contribution in [1.82, 2.24) is 9.55 Å². The SMILES string of the molecule is CCc1c(O)n(C(C(=O)OC)C(C)C)c(=O)[nH]c1=O. The first-order chi connectivity index (χ1) is 8.84. The highest BCUT2D eigenvalue weighted by atomic mass is 16.5. The normalized spacial score (nSPS) is 12.5. The number of nitrogens with zero attached hydrogens (tertiary/aromatic N) is 1. The molecule has 2 N–H and O–H groups in total. The molecule has 0 aliphatic rings. The molecule has 1 atom stereocenters. The second-order valence-electron chi connectivity index (χ2n) is 4.50. The molecule has 0 fully saturated rings. The van der Waals surface area contributed by atoms with Crippen LogP contribution in [0.3, 0.4) is 0 Å². The van der Waals surface area contributed by atoms with Gasteiger partial charge >= 0.3 is 11.7 Å². The number of carbonyl (C=O) groups excluding carboxylic acids is 1. The van der Waals surface area contributed by atoms with Crippen LogP contribution in [-0.2, 0) is 16.0 Å². The van der Waals surface area contributed by atoms with Crippen LogP contribution in [0.5, 0.6) is 5.88 Å². The molecule has 106 valence electrons. The van der Waals surface area contributed by atoms with Gasteiger partial charge in [0.1, 0.15) is 6.04 Å². The molecule has 0 spiro atoms. The summed E-state index contributed by atoms with van der Waals surface area (Å²) >= 11 is 0. The lowest BCUT2D eigenvalue weighted by Crippen LogP contribution is -2.39. The fourth-order valence-electron chi connectivity index (χ4n) is 1.95. The summed E-state index contributed by atoms with van der Waals surface area (Å²) < 4.78 is 5.51. The van der Waals surface area contributed by atoms with Crippen molar-refractivity contribution in [3.63, 3.8) is 0 Å². The molecule has 0 aliphatic heterocycles. The van der Waals surface area contributed by atoms with Gasteiger partial charge in [-0.3, -0.25) is 9.78 Å². The van der Waals surface area contributed by atoms with Crippen molar-refractivity contribution in [2.45, 2.75) is 33.2 Å². The van der Waals surface area contributed by atoms with Gasteiger partial charge in [0, 0.05) is 0 Å². The average molecular weight is 270 g/mol. The van der Waals surface area contributed by atoms with Crippen molar-refractivity contribution >= 4 is 5.97 Å². The summed E-state index contributed by atoms with van der Waals surface area (Å²) in [5.74, 6) is -1.42.